The smallest absolute Gasteiger partial charge is 0.407 e. The lowest BCUT2D eigenvalue weighted by molar-refractivity contribution is -0.121. The third-order valence-corrected chi connectivity index (χ3v) is 7.58. The zero-order valence-corrected chi connectivity index (χ0v) is 21.9. The van der Waals surface area contributed by atoms with Crippen molar-refractivity contribution < 1.29 is 28.5 Å². The molecule has 2 fully saturated rings. The van der Waals surface area contributed by atoms with E-state index in [1.165, 1.54) is 7.11 Å². The van der Waals surface area contributed by atoms with Gasteiger partial charge in [-0.15, -0.1) is 0 Å². The quantitative estimate of drug-likeness (QED) is 0.535. The summed E-state index contributed by atoms with van der Waals surface area (Å²) < 4.78 is 23.2. The molecule has 1 amide bonds. The van der Waals surface area contributed by atoms with E-state index in [-0.39, 0.29) is 22.5 Å². The normalized spacial score (nSPS) is 26.5. The summed E-state index contributed by atoms with van der Waals surface area (Å²) in [5.41, 5.74) is -0.0304. The molecule has 0 bridgehead atoms. The summed E-state index contributed by atoms with van der Waals surface area (Å²) in [6.45, 7) is 9.16. The van der Waals surface area contributed by atoms with Crippen molar-refractivity contribution in [3.8, 4) is 17.6 Å². The molecular weight excluding hydrogens is 472 g/mol. The Balaban J connectivity index is 1.55. The predicted octanol–water partition coefficient (Wildman–Crippen LogP) is 5.56. The standard InChI is InChI=1S/C26H33ClN2O6/c1-14-17(22(30)32-6)18(26(13-28)11-12-26)19(27)21-20(14)33-25(5,34-21)15-7-9-16(10-8-15)29-23(31)35-24(2,3)4/h15-16H,7-12H2,1-6H3,(H,29,31). The molecule has 3 aliphatic rings. The Kier molecular flexibility index (Phi) is 6.38. The number of hydrogen-bond donors (Lipinski definition) is 1. The Morgan fingerprint density at radius 1 is 1.14 bits per heavy atom. The van der Waals surface area contributed by atoms with Crippen LogP contribution in [0.4, 0.5) is 4.79 Å². The van der Waals surface area contributed by atoms with Crippen LogP contribution in [-0.2, 0) is 14.9 Å². The highest BCUT2D eigenvalue weighted by Crippen LogP contribution is 2.59. The second-order valence-corrected chi connectivity index (χ2v) is 11.3. The van der Waals surface area contributed by atoms with Crippen molar-refractivity contribution in [3.05, 3.63) is 21.7 Å². The van der Waals surface area contributed by atoms with Crippen LogP contribution in [0.5, 0.6) is 11.5 Å². The molecule has 4 rings (SSSR count). The van der Waals surface area contributed by atoms with Gasteiger partial charge in [0.15, 0.2) is 11.5 Å². The van der Waals surface area contributed by atoms with Crippen molar-refractivity contribution in [2.45, 2.75) is 96.0 Å². The van der Waals surface area contributed by atoms with Crippen LogP contribution in [0.3, 0.4) is 0 Å². The van der Waals surface area contributed by atoms with Crippen LogP contribution in [0.2, 0.25) is 5.02 Å². The Bertz CT molecular complexity index is 1090. The van der Waals surface area contributed by atoms with Crippen molar-refractivity contribution in [1.29, 1.82) is 5.26 Å². The lowest BCUT2D eigenvalue weighted by Gasteiger charge is -2.37. The number of nitriles is 1. The fourth-order valence-electron chi connectivity index (χ4n) is 5.19. The summed E-state index contributed by atoms with van der Waals surface area (Å²) in [6.07, 6.45) is 3.87. The minimum atomic E-state index is -0.983. The highest BCUT2D eigenvalue weighted by Gasteiger charge is 2.54. The van der Waals surface area contributed by atoms with E-state index in [2.05, 4.69) is 11.4 Å². The molecule has 35 heavy (non-hydrogen) atoms. The van der Waals surface area contributed by atoms with Crippen molar-refractivity contribution >= 4 is 23.7 Å². The maximum Gasteiger partial charge on any atom is 0.407 e. The van der Waals surface area contributed by atoms with E-state index in [0.29, 0.717) is 35.5 Å². The van der Waals surface area contributed by atoms with Gasteiger partial charge in [0.2, 0.25) is 0 Å². The third-order valence-electron chi connectivity index (χ3n) is 7.22. The third kappa shape index (κ3) is 4.63. The molecule has 1 aromatic carbocycles. The number of nitrogens with one attached hydrogen (secondary N) is 1. The number of nitrogens with zero attached hydrogens (tertiary/aromatic N) is 1. The van der Waals surface area contributed by atoms with Gasteiger partial charge in [-0.25, -0.2) is 9.59 Å². The molecule has 1 unspecified atom stereocenters. The first kappa shape index (κ1) is 25.4. The summed E-state index contributed by atoms with van der Waals surface area (Å²) in [6, 6.07) is 2.35. The largest absolute Gasteiger partial charge is 0.465 e. The van der Waals surface area contributed by atoms with Gasteiger partial charge in [0.1, 0.15) is 5.60 Å². The van der Waals surface area contributed by atoms with Crippen LogP contribution in [-0.4, -0.2) is 36.6 Å². The van der Waals surface area contributed by atoms with E-state index < -0.39 is 28.9 Å². The molecule has 190 valence electrons. The molecular formula is C26H33ClN2O6. The average Bonchev–Trinajstić information content (AvgIpc) is 3.49. The number of carbonyl (C=O) groups excluding carboxylic acids is 2. The van der Waals surface area contributed by atoms with Gasteiger partial charge in [0, 0.05) is 30.0 Å². The number of ether oxygens (including phenoxy) is 4. The Morgan fingerprint density at radius 3 is 2.26 bits per heavy atom. The Labute approximate surface area is 211 Å². The number of alkyl carbamates (subject to hydrolysis) is 1. The number of benzene rings is 1. The lowest BCUT2D eigenvalue weighted by atomic mass is 9.81. The van der Waals surface area contributed by atoms with Gasteiger partial charge in [0.25, 0.3) is 5.79 Å². The van der Waals surface area contributed by atoms with Crippen molar-refractivity contribution in [1.82, 2.24) is 5.32 Å². The van der Waals surface area contributed by atoms with Gasteiger partial charge < -0.3 is 24.3 Å². The molecule has 1 N–H and O–H groups in total. The molecule has 1 heterocycles. The van der Waals surface area contributed by atoms with E-state index in [0.717, 1.165) is 25.7 Å². The van der Waals surface area contributed by atoms with E-state index in [1.54, 1.807) is 6.92 Å². The van der Waals surface area contributed by atoms with Crippen molar-refractivity contribution in [2.24, 2.45) is 5.92 Å². The summed E-state index contributed by atoms with van der Waals surface area (Å²) in [5.74, 6) is -0.690. The zero-order chi connectivity index (χ0) is 25.8. The van der Waals surface area contributed by atoms with Gasteiger partial charge in [0.05, 0.1) is 29.2 Å². The Morgan fingerprint density at radius 2 is 1.74 bits per heavy atom. The van der Waals surface area contributed by atoms with Crippen LogP contribution in [0, 0.1) is 24.2 Å². The van der Waals surface area contributed by atoms with Crippen molar-refractivity contribution in [2.75, 3.05) is 7.11 Å². The number of fused-ring (bicyclic) bond motifs is 1. The van der Waals surface area contributed by atoms with Crippen LogP contribution in [0.25, 0.3) is 0 Å². The van der Waals surface area contributed by atoms with E-state index in [4.69, 9.17) is 30.5 Å². The maximum atomic E-state index is 12.7. The summed E-state index contributed by atoms with van der Waals surface area (Å²) >= 11 is 6.81. The highest BCUT2D eigenvalue weighted by molar-refractivity contribution is 6.34. The molecule has 0 aromatic heterocycles. The number of rotatable bonds is 4. The average molecular weight is 505 g/mol. The van der Waals surface area contributed by atoms with Gasteiger partial charge in [-0.2, -0.15) is 5.26 Å². The van der Waals surface area contributed by atoms with Crippen LogP contribution < -0.4 is 14.8 Å². The first-order valence-electron chi connectivity index (χ1n) is 12.1. The first-order chi connectivity index (χ1) is 16.3. The van der Waals surface area contributed by atoms with Gasteiger partial charge >= 0.3 is 12.1 Å². The van der Waals surface area contributed by atoms with Gasteiger partial charge in [-0.05, 0) is 66.2 Å². The molecule has 1 aromatic rings. The lowest BCUT2D eigenvalue weighted by Crippen LogP contribution is -2.48. The maximum absolute atomic E-state index is 12.7. The number of carbonyl (C=O) groups is 2. The predicted molar refractivity (Wildman–Crippen MR) is 129 cm³/mol. The zero-order valence-electron chi connectivity index (χ0n) is 21.2. The number of amides is 1. The topological polar surface area (TPSA) is 107 Å². The molecule has 0 saturated heterocycles. The Hall–Kier alpha value is -2.66. The number of halogens is 1. The van der Waals surface area contributed by atoms with Crippen LogP contribution in [0.15, 0.2) is 0 Å². The second kappa shape index (κ2) is 8.77. The van der Waals surface area contributed by atoms with Crippen LogP contribution >= 0.6 is 11.6 Å². The van der Waals surface area contributed by atoms with Gasteiger partial charge in [-0.3, -0.25) is 0 Å². The second-order valence-electron chi connectivity index (χ2n) is 10.9. The molecule has 8 nitrogen and oxygen atoms in total. The van der Waals surface area contributed by atoms with E-state index >= 15 is 0 Å². The summed E-state index contributed by atoms with van der Waals surface area (Å²) in [4.78, 5) is 24.9. The number of esters is 1. The molecule has 0 radical (unpaired) electrons. The van der Waals surface area contributed by atoms with Gasteiger partial charge in [-0.1, -0.05) is 11.6 Å². The SMILES string of the molecule is COC(=O)c1c(C)c2c(c(Cl)c1C1(C#N)CC1)OC(C)(C1CCC(NC(=O)OC(C)(C)C)CC1)O2. The molecule has 2 saturated carbocycles. The van der Waals surface area contributed by atoms with E-state index in [9.17, 15) is 14.9 Å². The monoisotopic (exact) mass is 504 g/mol. The summed E-state index contributed by atoms with van der Waals surface area (Å²) in [5, 5.41) is 13.0. The molecule has 1 aliphatic heterocycles. The molecule has 1 atom stereocenters. The molecule has 9 heteroatoms. The molecule has 2 aliphatic carbocycles. The fraction of sp³-hybridized carbons (Fsp3) is 0.654. The van der Waals surface area contributed by atoms with Crippen molar-refractivity contribution in [3.63, 3.8) is 0 Å². The highest BCUT2D eigenvalue weighted by atomic mass is 35.5. The first-order valence-corrected chi connectivity index (χ1v) is 12.5. The van der Waals surface area contributed by atoms with Crippen LogP contribution in [0.1, 0.15) is 87.7 Å². The number of hydrogen-bond acceptors (Lipinski definition) is 7. The van der Waals surface area contributed by atoms with E-state index in [1.807, 2.05) is 27.7 Å². The minimum Gasteiger partial charge on any atom is -0.465 e. The number of methoxy groups -OCH3 is 1. The minimum absolute atomic E-state index is 0.0154. The fourth-order valence-corrected chi connectivity index (χ4v) is 5.59. The summed E-state index contributed by atoms with van der Waals surface area (Å²) in [7, 11) is 1.31. The molecule has 0 spiro atoms.